The molecular weight excluding hydrogens is 240 g/mol. The van der Waals surface area contributed by atoms with E-state index in [1.54, 1.807) is 0 Å². The SMILES string of the molecule is CC.CC.CCCCC(CC)(CCCC)CC(C)CC. The van der Waals surface area contributed by atoms with E-state index in [1.807, 2.05) is 27.7 Å². The van der Waals surface area contributed by atoms with Crippen molar-refractivity contribution in [2.24, 2.45) is 11.3 Å². The van der Waals surface area contributed by atoms with Gasteiger partial charge in [0.05, 0.1) is 0 Å². The molecule has 0 heterocycles. The van der Waals surface area contributed by atoms with Crippen molar-refractivity contribution in [1.82, 2.24) is 0 Å². The van der Waals surface area contributed by atoms with E-state index >= 15 is 0 Å². The van der Waals surface area contributed by atoms with Gasteiger partial charge in [0.15, 0.2) is 0 Å². The molecule has 0 saturated heterocycles. The lowest BCUT2D eigenvalue weighted by Crippen LogP contribution is -2.23. The van der Waals surface area contributed by atoms with Crippen molar-refractivity contribution >= 4 is 0 Å². The predicted octanol–water partition coefficient (Wildman–Crippen LogP) is 8.25. The molecule has 0 radical (unpaired) electrons. The molecule has 0 aliphatic heterocycles. The van der Waals surface area contributed by atoms with Crippen molar-refractivity contribution in [2.45, 2.75) is 120 Å². The van der Waals surface area contributed by atoms with Gasteiger partial charge in [0, 0.05) is 0 Å². The summed E-state index contributed by atoms with van der Waals surface area (Å²) >= 11 is 0. The number of rotatable bonds is 10. The van der Waals surface area contributed by atoms with Crippen molar-refractivity contribution in [3.05, 3.63) is 0 Å². The minimum absolute atomic E-state index is 0.668. The van der Waals surface area contributed by atoms with Gasteiger partial charge in [-0.3, -0.25) is 0 Å². The monoisotopic (exact) mass is 286 g/mol. The van der Waals surface area contributed by atoms with Gasteiger partial charge in [0.1, 0.15) is 0 Å². The fourth-order valence-corrected chi connectivity index (χ4v) is 2.81. The highest BCUT2D eigenvalue weighted by molar-refractivity contribution is 4.79. The van der Waals surface area contributed by atoms with Gasteiger partial charge in [-0.1, -0.05) is 101 Å². The summed E-state index contributed by atoms with van der Waals surface area (Å²) in [6.45, 7) is 19.8. The molecule has 0 bridgehead atoms. The van der Waals surface area contributed by atoms with Crippen LogP contribution in [-0.4, -0.2) is 0 Å². The van der Waals surface area contributed by atoms with E-state index in [4.69, 9.17) is 0 Å². The molecule has 0 amide bonds. The van der Waals surface area contributed by atoms with Crippen LogP contribution in [0.15, 0.2) is 0 Å². The van der Waals surface area contributed by atoms with Crippen LogP contribution in [0.25, 0.3) is 0 Å². The first-order valence-corrected chi connectivity index (χ1v) is 9.64. The molecular formula is C20H46. The molecule has 1 unspecified atom stereocenters. The quantitative estimate of drug-likeness (QED) is 0.379. The van der Waals surface area contributed by atoms with Crippen LogP contribution in [0.5, 0.6) is 0 Å². The Balaban J connectivity index is -0.000000656. The molecule has 0 aliphatic carbocycles. The summed E-state index contributed by atoms with van der Waals surface area (Å²) in [5.41, 5.74) is 0.668. The summed E-state index contributed by atoms with van der Waals surface area (Å²) in [4.78, 5) is 0. The smallest absolute Gasteiger partial charge is 0.0298 e. The Morgan fingerprint density at radius 3 is 1.40 bits per heavy atom. The van der Waals surface area contributed by atoms with Crippen LogP contribution in [0.1, 0.15) is 120 Å². The van der Waals surface area contributed by atoms with Crippen molar-refractivity contribution in [3.63, 3.8) is 0 Å². The first-order valence-electron chi connectivity index (χ1n) is 9.64. The van der Waals surface area contributed by atoms with Crippen LogP contribution in [-0.2, 0) is 0 Å². The highest BCUT2D eigenvalue weighted by atomic mass is 14.3. The third-order valence-corrected chi connectivity index (χ3v) is 4.35. The maximum Gasteiger partial charge on any atom is -0.0298 e. The third-order valence-electron chi connectivity index (χ3n) is 4.35. The van der Waals surface area contributed by atoms with Crippen molar-refractivity contribution in [3.8, 4) is 0 Å². The summed E-state index contributed by atoms with van der Waals surface area (Å²) < 4.78 is 0. The van der Waals surface area contributed by atoms with Crippen LogP contribution in [0.2, 0.25) is 0 Å². The van der Waals surface area contributed by atoms with Crippen LogP contribution in [0.4, 0.5) is 0 Å². The summed E-state index contributed by atoms with van der Waals surface area (Å²) in [6.07, 6.45) is 12.7. The zero-order valence-corrected chi connectivity index (χ0v) is 16.4. The minimum Gasteiger partial charge on any atom is -0.0683 e. The standard InChI is InChI=1S/C16H34.2C2H6/c1-6-10-12-16(9-4,13-11-7-2)14-15(5)8-3;2*1-2/h15H,6-14H2,1-5H3;2*1-2H3. The normalized spacial score (nSPS) is 11.8. The van der Waals surface area contributed by atoms with Gasteiger partial charge in [0.2, 0.25) is 0 Å². The van der Waals surface area contributed by atoms with E-state index in [1.165, 1.54) is 57.8 Å². The minimum atomic E-state index is 0.668. The number of hydrogen-bond acceptors (Lipinski definition) is 0. The third kappa shape index (κ3) is 13.0. The Bertz CT molecular complexity index is 140. The van der Waals surface area contributed by atoms with E-state index in [-0.39, 0.29) is 0 Å². The van der Waals surface area contributed by atoms with Gasteiger partial charge in [-0.25, -0.2) is 0 Å². The molecule has 0 nitrogen and oxygen atoms in total. The second kappa shape index (κ2) is 19.0. The maximum absolute atomic E-state index is 2.43. The molecule has 0 aromatic carbocycles. The molecule has 126 valence electrons. The van der Waals surface area contributed by atoms with Gasteiger partial charge in [0.25, 0.3) is 0 Å². The topological polar surface area (TPSA) is 0 Å². The molecule has 0 rings (SSSR count). The van der Waals surface area contributed by atoms with Crippen LogP contribution in [0, 0.1) is 11.3 Å². The Hall–Kier alpha value is 0. The molecule has 0 fully saturated rings. The van der Waals surface area contributed by atoms with Crippen molar-refractivity contribution in [2.75, 3.05) is 0 Å². The van der Waals surface area contributed by atoms with E-state index in [2.05, 4.69) is 34.6 Å². The van der Waals surface area contributed by atoms with Crippen molar-refractivity contribution in [1.29, 1.82) is 0 Å². The fourth-order valence-electron chi connectivity index (χ4n) is 2.81. The van der Waals surface area contributed by atoms with Crippen molar-refractivity contribution < 1.29 is 0 Å². The zero-order chi connectivity index (χ0) is 16.4. The molecule has 0 N–H and O–H groups in total. The summed E-state index contributed by atoms with van der Waals surface area (Å²) in [5, 5.41) is 0. The zero-order valence-electron chi connectivity index (χ0n) is 16.4. The molecule has 1 atom stereocenters. The predicted molar refractivity (Wildman–Crippen MR) is 98.5 cm³/mol. The first kappa shape index (κ1) is 25.0. The van der Waals surface area contributed by atoms with Crippen LogP contribution in [0.3, 0.4) is 0 Å². The molecule has 0 aliphatic rings. The van der Waals surface area contributed by atoms with Gasteiger partial charge in [-0.15, -0.1) is 0 Å². The second-order valence-corrected chi connectivity index (χ2v) is 5.78. The van der Waals surface area contributed by atoms with Gasteiger partial charge in [-0.05, 0) is 30.6 Å². The lowest BCUT2D eigenvalue weighted by atomic mass is 9.70. The number of hydrogen-bond donors (Lipinski definition) is 0. The highest BCUT2D eigenvalue weighted by Gasteiger charge is 2.28. The first-order chi connectivity index (χ1) is 9.64. The Morgan fingerprint density at radius 2 is 1.15 bits per heavy atom. The summed E-state index contributed by atoms with van der Waals surface area (Å²) in [6, 6.07) is 0. The van der Waals surface area contributed by atoms with Gasteiger partial charge < -0.3 is 0 Å². The lowest BCUT2D eigenvalue weighted by molar-refractivity contribution is 0.164. The fraction of sp³-hybridized carbons (Fsp3) is 1.00. The van der Waals surface area contributed by atoms with E-state index in [9.17, 15) is 0 Å². The maximum atomic E-state index is 2.43. The molecule has 0 spiro atoms. The van der Waals surface area contributed by atoms with E-state index in [0.29, 0.717) is 5.41 Å². The van der Waals surface area contributed by atoms with Crippen LogP contribution >= 0.6 is 0 Å². The molecule has 0 saturated carbocycles. The second-order valence-electron chi connectivity index (χ2n) is 5.78. The molecule has 20 heavy (non-hydrogen) atoms. The molecule has 0 heteroatoms. The average molecular weight is 287 g/mol. The lowest BCUT2D eigenvalue weighted by Gasteiger charge is -2.35. The Kier molecular flexibility index (Phi) is 23.7. The Morgan fingerprint density at radius 1 is 0.750 bits per heavy atom. The van der Waals surface area contributed by atoms with Crippen LogP contribution < -0.4 is 0 Å². The summed E-state index contributed by atoms with van der Waals surface area (Å²) in [7, 11) is 0. The largest absolute Gasteiger partial charge is 0.0683 e. The molecule has 0 aromatic rings. The van der Waals surface area contributed by atoms with E-state index < -0.39 is 0 Å². The molecule has 0 aromatic heterocycles. The highest BCUT2D eigenvalue weighted by Crippen LogP contribution is 2.41. The van der Waals surface area contributed by atoms with E-state index in [0.717, 1.165) is 5.92 Å². The average Bonchev–Trinajstić information content (AvgIpc) is 2.53. The summed E-state index contributed by atoms with van der Waals surface area (Å²) in [5.74, 6) is 0.911. The van der Waals surface area contributed by atoms with Gasteiger partial charge >= 0.3 is 0 Å². The van der Waals surface area contributed by atoms with Gasteiger partial charge in [-0.2, -0.15) is 0 Å². The Labute approximate surface area is 132 Å². The number of unbranched alkanes of at least 4 members (excludes halogenated alkanes) is 2.